The number of anilines is 1. The molecule has 0 unspecified atom stereocenters. The molecule has 2 aliphatic carbocycles. The van der Waals surface area contributed by atoms with E-state index in [-0.39, 0.29) is 29.5 Å². The molecular formula is C19H25ClN2O2. The zero-order valence-corrected chi connectivity index (χ0v) is 14.7. The quantitative estimate of drug-likeness (QED) is 0.861. The van der Waals surface area contributed by atoms with Crippen molar-refractivity contribution in [2.24, 2.45) is 11.3 Å². The number of amides is 1. The van der Waals surface area contributed by atoms with Crippen LogP contribution in [0.4, 0.5) is 5.69 Å². The van der Waals surface area contributed by atoms with E-state index < -0.39 is 0 Å². The third-order valence-corrected chi connectivity index (χ3v) is 6.01. The average Bonchev–Trinajstić information content (AvgIpc) is 3.01. The van der Waals surface area contributed by atoms with E-state index >= 15 is 0 Å². The van der Waals surface area contributed by atoms with Crippen molar-refractivity contribution in [3.8, 4) is 0 Å². The first-order chi connectivity index (χ1) is 11.2. The van der Waals surface area contributed by atoms with E-state index in [0.29, 0.717) is 12.3 Å². The maximum atomic E-state index is 13.0. The van der Waals surface area contributed by atoms with Gasteiger partial charge in [0.05, 0.1) is 5.41 Å². The molecule has 0 radical (unpaired) electrons. The van der Waals surface area contributed by atoms with Gasteiger partial charge >= 0.3 is 0 Å². The molecule has 2 atom stereocenters. The lowest BCUT2D eigenvalue weighted by atomic mass is 9.67. The molecule has 1 aromatic rings. The van der Waals surface area contributed by atoms with Crippen LogP contribution in [0.3, 0.4) is 0 Å². The molecule has 1 aliphatic heterocycles. The van der Waals surface area contributed by atoms with Crippen molar-refractivity contribution >= 4 is 29.8 Å². The summed E-state index contributed by atoms with van der Waals surface area (Å²) in [5, 5.41) is 6.53. The summed E-state index contributed by atoms with van der Waals surface area (Å²) in [5.74, 6) is 0.796. The van der Waals surface area contributed by atoms with Crippen LogP contribution in [0.15, 0.2) is 18.2 Å². The molecule has 1 saturated carbocycles. The predicted octanol–water partition coefficient (Wildman–Crippen LogP) is 3.35. The normalized spacial score (nSPS) is 28.5. The Labute approximate surface area is 149 Å². The lowest BCUT2D eigenvalue weighted by Gasteiger charge is -2.37. The Morgan fingerprint density at radius 1 is 1.21 bits per heavy atom. The monoisotopic (exact) mass is 348 g/mol. The number of hydrogen-bond donors (Lipinski definition) is 2. The molecule has 130 valence electrons. The smallest absolute Gasteiger partial charge is 0.232 e. The molecule has 0 spiro atoms. The van der Waals surface area contributed by atoms with Gasteiger partial charge in [0.2, 0.25) is 5.91 Å². The van der Waals surface area contributed by atoms with Crippen LogP contribution >= 0.6 is 12.4 Å². The molecule has 1 saturated heterocycles. The van der Waals surface area contributed by atoms with Crippen molar-refractivity contribution in [1.29, 1.82) is 0 Å². The van der Waals surface area contributed by atoms with Crippen LogP contribution in [0.2, 0.25) is 0 Å². The first kappa shape index (κ1) is 17.4. The number of rotatable bonds is 2. The van der Waals surface area contributed by atoms with Gasteiger partial charge in [-0.25, -0.2) is 0 Å². The maximum absolute atomic E-state index is 13.0. The van der Waals surface area contributed by atoms with E-state index in [1.165, 1.54) is 6.42 Å². The largest absolute Gasteiger partial charge is 0.326 e. The van der Waals surface area contributed by atoms with Crippen molar-refractivity contribution in [3.63, 3.8) is 0 Å². The fraction of sp³-hybridized carbons (Fsp3) is 0.579. The number of fused-ring (bicyclic) bond motifs is 2. The SMILES string of the molecule is Cl.O=C1CCCc2ccc(NC(=O)[C@@]34CCCC[C@H]3CNC4)cc21. The topological polar surface area (TPSA) is 58.2 Å². The van der Waals surface area contributed by atoms with Gasteiger partial charge < -0.3 is 10.6 Å². The zero-order chi connectivity index (χ0) is 15.9. The van der Waals surface area contributed by atoms with E-state index in [1.54, 1.807) is 0 Å². The van der Waals surface area contributed by atoms with Crippen LogP contribution < -0.4 is 10.6 Å². The Hall–Kier alpha value is -1.39. The Bertz CT molecular complexity index is 661. The standard InChI is InChI=1S/C19H24N2O2.ClH/c22-17-6-3-4-13-7-8-15(10-16(13)17)21-18(23)19-9-2-1-5-14(19)11-20-12-19;/h7-8,10,14,20H,1-6,9,11-12H2,(H,21,23);1H/t14-,19+;/m0./s1. The highest BCUT2D eigenvalue weighted by Crippen LogP contribution is 2.44. The number of halogens is 1. The summed E-state index contributed by atoms with van der Waals surface area (Å²) < 4.78 is 0. The summed E-state index contributed by atoms with van der Waals surface area (Å²) in [5.41, 5.74) is 2.44. The van der Waals surface area contributed by atoms with E-state index in [1.807, 2.05) is 18.2 Å². The van der Waals surface area contributed by atoms with Gasteiger partial charge in [0.25, 0.3) is 0 Å². The first-order valence-electron chi connectivity index (χ1n) is 8.87. The van der Waals surface area contributed by atoms with Crippen LogP contribution in [0.5, 0.6) is 0 Å². The van der Waals surface area contributed by atoms with Gasteiger partial charge in [-0.2, -0.15) is 0 Å². The zero-order valence-electron chi connectivity index (χ0n) is 13.9. The summed E-state index contributed by atoms with van der Waals surface area (Å²) in [6.45, 7) is 1.74. The molecule has 1 amide bonds. The maximum Gasteiger partial charge on any atom is 0.232 e. The summed E-state index contributed by atoms with van der Waals surface area (Å²) in [4.78, 5) is 25.1. The molecule has 2 N–H and O–H groups in total. The molecule has 5 heteroatoms. The summed E-state index contributed by atoms with van der Waals surface area (Å²) in [6.07, 6.45) is 7.01. The second-order valence-electron chi connectivity index (χ2n) is 7.33. The van der Waals surface area contributed by atoms with Crippen LogP contribution in [0.1, 0.15) is 54.4 Å². The molecule has 1 aromatic carbocycles. The number of carbonyl (C=O) groups is 2. The number of ketones is 1. The third-order valence-electron chi connectivity index (χ3n) is 6.01. The molecule has 3 aliphatic rings. The minimum Gasteiger partial charge on any atom is -0.326 e. The molecule has 0 aromatic heterocycles. The second-order valence-corrected chi connectivity index (χ2v) is 7.33. The molecule has 0 bridgehead atoms. The Kier molecular flexibility index (Phi) is 4.97. The lowest BCUT2D eigenvalue weighted by Crippen LogP contribution is -2.44. The van der Waals surface area contributed by atoms with Crippen molar-refractivity contribution < 1.29 is 9.59 Å². The highest BCUT2D eigenvalue weighted by atomic mass is 35.5. The number of aryl methyl sites for hydroxylation is 1. The number of hydrogen-bond acceptors (Lipinski definition) is 3. The minimum absolute atomic E-state index is 0. The summed E-state index contributed by atoms with van der Waals surface area (Å²) >= 11 is 0. The summed E-state index contributed by atoms with van der Waals surface area (Å²) in [7, 11) is 0. The highest BCUT2D eigenvalue weighted by Gasteiger charge is 2.49. The van der Waals surface area contributed by atoms with Gasteiger partial charge in [0, 0.05) is 24.2 Å². The van der Waals surface area contributed by atoms with E-state index in [2.05, 4.69) is 10.6 Å². The van der Waals surface area contributed by atoms with Gasteiger partial charge in [-0.05, 0) is 55.8 Å². The van der Waals surface area contributed by atoms with Crippen molar-refractivity contribution in [1.82, 2.24) is 5.32 Å². The van der Waals surface area contributed by atoms with Crippen LogP contribution in [0, 0.1) is 11.3 Å². The summed E-state index contributed by atoms with van der Waals surface area (Å²) in [6, 6.07) is 5.84. The molecular weight excluding hydrogens is 324 g/mol. The Morgan fingerprint density at radius 2 is 2.08 bits per heavy atom. The fourth-order valence-electron chi connectivity index (χ4n) is 4.65. The van der Waals surface area contributed by atoms with E-state index in [4.69, 9.17) is 0 Å². The lowest BCUT2D eigenvalue weighted by molar-refractivity contribution is -0.128. The van der Waals surface area contributed by atoms with Crippen LogP contribution in [-0.2, 0) is 11.2 Å². The van der Waals surface area contributed by atoms with Crippen molar-refractivity contribution in [2.45, 2.75) is 44.9 Å². The van der Waals surface area contributed by atoms with Gasteiger partial charge in [-0.1, -0.05) is 18.9 Å². The highest BCUT2D eigenvalue weighted by molar-refractivity contribution is 6.01. The second kappa shape index (κ2) is 6.85. The van der Waals surface area contributed by atoms with E-state index in [0.717, 1.165) is 62.0 Å². The number of benzene rings is 1. The molecule has 4 rings (SSSR count). The predicted molar refractivity (Wildman–Crippen MR) is 96.8 cm³/mol. The van der Waals surface area contributed by atoms with Gasteiger partial charge in [-0.15, -0.1) is 12.4 Å². The molecule has 2 fully saturated rings. The van der Waals surface area contributed by atoms with Gasteiger partial charge in [-0.3, -0.25) is 9.59 Å². The first-order valence-corrected chi connectivity index (χ1v) is 8.87. The number of Topliss-reactive ketones (excluding diaryl/α,β-unsaturated/α-hetero) is 1. The van der Waals surface area contributed by atoms with Gasteiger partial charge in [0.15, 0.2) is 5.78 Å². The van der Waals surface area contributed by atoms with Gasteiger partial charge in [0.1, 0.15) is 0 Å². The molecule has 24 heavy (non-hydrogen) atoms. The number of nitrogens with one attached hydrogen (secondary N) is 2. The molecule has 4 nitrogen and oxygen atoms in total. The van der Waals surface area contributed by atoms with Crippen LogP contribution in [0.25, 0.3) is 0 Å². The fourth-order valence-corrected chi connectivity index (χ4v) is 4.65. The van der Waals surface area contributed by atoms with Crippen LogP contribution in [-0.4, -0.2) is 24.8 Å². The Balaban J connectivity index is 0.00000169. The number of carbonyl (C=O) groups excluding carboxylic acids is 2. The average molecular weight is 349 g/mol. The molecule has 1 heterocycles. The van der Waals surface area contributed by atoms with Crippen molar-refractivity contribution in [2.75, 3.05) is 18.4 Å². The van der Waals surface area contributed by atoms with E-state index in [9.17, 15) is 9.59 Å². The Morgan fingerprint density at radius 3 is 2.96 bits per heavy atom. The third kappa shape index (κ3) is 2.86. The minimum atomic E-state index is -0.252. The van der Waals surface area contributed by atoms with Crippen molar-refractivity contribution in [3.05, 3.63) is 29.3 Å².